The average molecular weight is 220 g/mol. The van der Waals surface area contributed by atoms with E-state index in [1.807, 2.05) is 25.1 Å². The van der Waals surface area contributed by atoms with Crippen molar-refractivity contribution in [2.45, 2.75) is 33.3 Å². The highest BCUT2D eigenvalue weighted by Crippen LogP contribution is 2.23. The Morgan fingerprint density at radius 2 is 2.19 bits per heavy atom. The fourth-order valence-electron chi connectivity index (χ4n) is 1.38. The van der Waals surface area contributed by atoms with Crippen molar-refractivity contribution in [1.29, 1.82) is 0 Å². The molecule has 0 amide bonds. The van der Waals surface area contributed by atoms with Gasteiger partial charge in [0.2, 0.25) is 0 Å². The maximum atomic E-state index is 9.44. The summed E-state index contributed by atoms with van der Waals surface area (Å²) in [5, 5.41) is 9.44. The molecule has 0 fully saturated rings. The molecule has 0 spiro atoms. The summed E-state index contributed by atoms with van der Waals surface area (Å²) in [6.07, 6.45) is 0.503. The van der Waals surface area contributed by atoms with E-state index in [0.29, 0.717) is 6.61 Å². The topological polar surface area (TPSA) is 29.5 Å². The lowest BCUT2D eigenvalue weighted by molar-refractivity contribution is 0.199. The standard InChI is InChI=1S/C14H20O2/c1-5-10(2)9-16-14-7-6-13(12(4)15)8-11(14)3/h6-8,12,15H,2,5,9H2,1,3-4H3/t12-/m1/s1. The molecular weight excluding hydrogens is 200 g/mol. The summed E-state index contributed by atoms with van der Waals surface area (Å²) >= 11 is 0. The molecule has 2 heteroatoms. The quantitative estimate of drug-likeness (QED) is 0.771. The Morgan fingerprint density at radius 1 is 1.50 bits per heavy atom. The van der Waals surface area contributed by atoms with Crippen LogP contribution in [-0.2, 0) is 0 Å². The molecule has 0 radical (unpaired) electrons. The van der Waals surface area contributed by atoms with Gasteiger partial charge in [-0.15, -0.1) is 0 Å². The van der Waals surface area contributed by atoms with Gasteiger partial charge in [0.25, 0.3) is 0 Å². The Hall–Kier alpha value is -1.28. The van der Waals surface area contributed by atoms with E-state index < -0.39 is 6.10 Å². The van der Waals surface area contributed by atoms with Gasteiger partial charge < -0.3 is 9.84 Å². The van der Waals surface area contributed by atoms with Crippen LogP contribution in [-0.4, -0.2) is 11.7 Å². The fourth-order valence-corrected chi connectivity index (χ4v) is 1.38. The van der Waals surface area contributed by atoms with Gasteiger partial charge in [-0.1, -0.05) is 19.6 Å². The van der Waals surface area contributed by atoms with Crippen LogP contribution in [0.1, 0.15) is 37.5 Å². The van der Waals surface area contributed by atoms with Crippen LogP contribution in [0.15, 0.2) is 30.4 Å². The Labute approximate surface area is 97.6 Å². The predicted molar refractivity (Wildman–Crippen MR) is 66.7 cm³/mol. The minimum absolute atomic E-state index is 0.432. The zero-order chi connectivity index (χ0) is 12.1. The summed E-state index contributed by atoms with van der Waals surface area (Å²) in [5.41, 5.74) is 3.04. The van der Waals surface area contributed by atoms with Crippen molar-refractivity contribution in [1.82, 2.24) is 0 Å². The number of hydrogen-bond acceptors (Lipinski definition) is 2. The number of aliphatic hydroxyl groups excluding tert-OH is 1. The summed E-state index contributed by atoms with van der Waals surface area (Å²) in [6, 6.07) is 5.75. The second-order valence-electron chi connectivity index (χ2n) is 4.09. The molecule has 1 atom stereocenters. The van der Waals surface area contributed by atoms with Gasteiger partial charge in [-0.05, 0) is 49.1 Å². The predicted octanol–water partition coefficient (Wildman–Crippen LogP) is 3.39. The molecule has 0 bridgehead atoms. The first-order valence-electron chi connectivity index (χ1n) is 5.62. The van der Waals surface area contributed by atoms with E-state index in [0.717, 1.165) is 28.9 Å². The van der Waals surface area contributed by atoms with Crippen molar-refractivity contribution in [3.63, 3.8) is 0 Å². The second-order valence-corrected chi connectivity index (χ2v) is 4.09. The van der Waals surface area contributed by atoms with Crippen LogP contribution in [0.5, 0.6) is 5.75 Å². The molecule has 0 saturated heterocycles. The van der Waals surface area contributed by atoms with Gasteiger partial charge in [0.05, 0.1) is 6.10 Å². The molecule has 1 N–H and O–H groups in total. The van der Waals surface area contributed by atoms with Crippen molar-refractivity contribution in [3.8, 4) is 5.75 Å². The van der Waals surface area contributed by atoms with E-state index in [1.165, 1.54) is 0 Å². The smallest absolute Gasteiger partial charge is 0.122 e. The van der Waals surface area contributed by atoms with Crippen molar-refractivity contribution in [2.75, 3.05) is 6.61 Å². The van der Waals surface area contributed by atoms with Crippen LogP contribution < -0.4 is 4.74 Å². The molecule has 2 nitrogen and oxygen atoms in total. The Balaban J connectivity index is 2.72. The minimum atomic E-state index is -0.432. The maximum Gasteiger partial charge on any atom is 0.122 e. The van der Waals surface area contributed by atoms with Gasteiger partial charge in [-0.25, -0.2) is 0 Å². The number of aryl methyl sites for hydroxylation is 1. The van der Waals surface area contributed by atoms with Crippen LogP contribution in [0.4, 0.5) is 0 Å². The third-order valence-electron chi connectivity index (χ3n) is 2.61. The number of ether oxygens (including phenoxy) is 1. The largest absolute Gasteiger partial charge is 0.489 e. The lowest BCUT2D eigenvalue weighted by Crippen LogP contribution is -2.01. The third kappa shape index (κ3) is 3.38. The van der Waals surface area contributed by atoms with Crippen molar-refractivity contribution >= 4 is 0 Å². The molecule has 0 saturated carbocycles. The minimum Gasteiger partial charge on any atom is -0.489 e. The second kappa shape index (κ2) is 5.71. The molecule has 0 unspecified atom stereocenters. The van der Waals surface area contributed by atoms with Crippen LogP contribution >= 0.6 is 0 Å². The maximum absolute atomic E-state index is 9.44. The van der Waals surface area contributed by atoms with E-state index >= 15 is 0 Å². The molecule has 1 rings (SSSR count). The SMILES string of the molecule is C=C(CC)COc1ccc([C@@H](C)O)cc1C. The number of benzene rings is 1. The Morgan fingerprint density at radius 3 is 2.69 bits per heavy atom. The number of aliphatic hydroxyl groups is 1. The van der Waals surface area contributed by atoms with E-state index in [4.69, 9.17) is 4.74 Å². The van der Waals surface area contributed by atoms with E-state index in [1.54, 1.807) is 6.92 Å². The lowest BCUT2D eigenvalue weighted by Gasteiger charge is -2.12. The fraction of sp³-hybridized carbons (Fsp3) is 0.429. The van der Waals surface area contributed by atoms with Crippen molar-refractivity contribution in [3.05, 3.63) is 41.5 Å². The summed E-state index contributed by atoms with van der Waals surface area (Å²) in [7, 11) is 0. The molecule has 1 aromatic carbocycles. The Bertz CT molecular complexity index is 367. The molecule has 1 aromatic rings. The first-order chi connectivity index (χ1) is 7.54. The van der Waals surface area contributed by atoms with E-state index in [2.05, 4.69) is 13.5 Å². The first kappa shape index (κ1) is 12.8. The van der Waals surface area contributed by atoms with Crippen molar-refractivity contribution < 1.29 is 9.84 Å². The monoisotopic (exact) mass is 220 g/mol. The summed E-state index contributed by atoms with van der Waals surface area (Å²) in [4.78, 5) is 0. The van der Waals surface area contributed by atoms with Crippen LogP contribution in [0.25, 0.3) is 0 Å². The van der Waals surface area contributed by atoms with Gasteiger partial charge in [0.15, 0.2) is 0 Å². The van der Waals surface area contributed by atoms with Crippen molar-refractivity contribution in [2.24, 2.45) is 0 Å². The van der Waals surface area contributed by atoms with Crippen LogP contribution in [0, 0.1) is 6.92 Å². The average Bonchev–Trinajstić information content (AvgIpc) is 2.26. The molecule has 88 valence electrons. The van der Waals surface area contributed by atoms with E-state index in [9.17, 15) is 5.11 Å². The molecule has 0 heterocycles. The van der Waals surface area contributed by atoms with Crippen LogP contribution in [0.3, 0.4) is 0 Å². The number of hydrogen-bond donors (Lipinski definition) is 1. The summed E-state index contributed by atoms with van der Waals surface area (Å²) < 4.78 is 5.64. The summed E-state index contributed by atoms with van der Waals surface area (Å²) in [5.74, 6) is 0.860. The molecule has 16 heavy (non-hydrogen) atoms. The third-order valence-corrected chi connectivity index (χ3v) is 2.61. The van der Waals surface area contributed by atoms with Gasteiger partial charge in [0.1, 0.15) is 12.4 Å². The molecule has 0 aromatic heterocycles. The van der Waals surface area contributed by atoms with E-state index in [-0.39, 0.29) is 0 Å². The Kier molecular flexibility index (Phi) is 4.56. The van der Waals surface area contributed by atoms with Gasteiger partial charge in [-0.3, -0.25) is 0 Å². The summed E-state index contributed by atoms with van der Waals surface area (Å²) in [6.45, 7) is 10.3. The molecular formula is C14H20O2. The number of rotatable bonds is 5. The molecule has 0 aliphatic rings. The molecule has 0 aliphatic carbocycles. The highest BCUT2D eigenvalue weighted by atomic mass is 16.5. The van der Waals surface area contributed by atoms with Gasteiger partial charge >= 0.3 is 0 Å². The first-order valence-corrected chi connectivity index (χ1v) is 5.62. The lowest BCUT2D eigenvalue weighted by atomic mass is 10.1. The van der Waals surface area contributed by atoms with Crippen LogP contribution in [0.2, 0.25) is 0 Å². The van der Waals surface area contributed by atoms with Gasteiger partial charge in [-0.2, -0.15) is 0 Å². The highest BCUT2D eigenvalue weighted by Gasteiger charge is 2.05. The van der Waals surface area contributed by atoms with Gasteiger partial charge in [0, 0.05) is 0 Å². The zero-order valence-corrected chi connectivity index (χ0v) is 10.3. The molecule has 0 aliphatic heterocycles. The zero-order valence-electron chi connectivity index (χ0n) is 10.3. The highest BCUT2D eigenvalue weighted by molar-refractivity contribution is 5.37. The normalized spacial score (nSPS) is 12.2.